The molecule has 2 nitrogen and oxygen atoms in total. The molecule has 3 heteroatoms. The standard InChI is InChI=1S/C12H15NOS/c1-9-5-6-12(14-9)10(2)13-8-11-4-3-7-15-11/h3-7,10,13H,8H2,1-2H3/t10-/m1/s1. The van der Waals surface area contributed by atoms with E-state index >= 15 is 0 Å². The largest absolute Gasteiger partial charge is 0.465 e. The predicted octanol–water partition coefficient (Wildman–Crippen LogP) is 3.50. The predicted molar refractivity (Wildman–Crippen MR) is 63.0 cm³/mol. The third kappa shape index (κ3) is 2.70. The molecule has 2 heterocycles. The Labute approximate surface area is 93.9 Å². The highest BCUT2D eigenvalue weighted by atomic mass is 32.1. The smallest absolute Gasteiger partial charge is 0.120 e. The first kappa shape index (κ1) is 10.5. The molecule has 0 aliphatic rings. The first-order valence-corrected chi connectivity index (χ1v) is 5.96. The van der Waals surface area contributed by atoms with Crippen molar-refractivity contribution in [2.24, 2.45) is 0 Å². The van der Waals surface area contributed by atoms with Crippen molar-refractivity contribution in [2.75, 3.05) is 0 Å². The van der Waals surface area contributed by atoms with Gasteiger partial charge in [-0.25, -0.2) is 0 Å². The highest BCUT2D eigenvalue weighted by molar-refractivity contribution is 7.09. The first-order chi connectivity index (χ1) is 7.25. The summed E-state index contributed by atoms with van der Waals surface area (Å²) in [6.45, 7) is 4.99. The van der Waals surface area contributed by atoms with E-state index in [-0.39, 0.29) is 6.04 Å². The maximum atomic E-state index is 5.56. The van der Waals surface area contributed by atoms with Crippen LogP contribution in [0.4, 0.5) is 0 Å². The summed E-state index contributed by atoms with van der Waals surface area (Å²) in [6.07, 6.45) is 0. The molecule has 2 aromatic rings. The Morgan fingerprint density at radius 3 is 2.87 bits per heavy atom. The van der Waals surface area contributed by atoms with Crippen LogP contribution in [-0.4, -0.2) is 0 Å². The van der Waals surface area contributed by atoms with Crippen molar-refractivity contribution >= 4 is 11.3 Å². The monoisotopic (exact) mass is 221 g/mol. The molecule has 0 aliphatic carbocycles. The molecule has 0 unspecified atom stereocenters. The Bertz CT molecular complexity index is 405. The van der Waals surface area contributed by atoms with Gasteiger partial charge in [0.2, 0.25) is 0 Å². The lowest BCUT2D eigenvalue weighted by atomic mass is 10.2. The van der Waals surface area contributed by atoms with E-state index in [2.05, 4.69) is 29.8 Å². The second-order valence-corrected chi connectivity index (χ2v) is 4.66. The normalized spacial score (nSPS) is 12.9. The van der Waals surface area contributed by atoms with Crippen LogP contribution in [0.3, 0.4) is 0 Å². The number of thiophene rings is 1. The summed E-state index contributed by atoms with van der Waals surface area (Å²) in [5, 5.41) is 5.53. The van der Waals surface area contributed by atoms with Gasteiger partial charge in [0.05, 0.1) is 6.04 Å². The topological polar surface area (TPSA) is 25.2 Å². The van der Waals surface area contributed by atoms with E-state index < -0.39 is 0 Å². The number of hydrogen-bond donors (Lipinski definition) is 1. The van der Waals surface area contributed by atoms with Gasteiger partial charge in [-0.15, -0.1) is 11.3 Å². The zero-order valence-electron chi connectivity index (χ0n) is 8.99. The fourth-order valence-corrected chi connectivity index (χ4v) is 2.11. The number of nitrogens with one attached hydrogen (secondary N) is 1. The molecule has 15 heavy (non-hydrogen) atoms. The van der Waals surface area contributed by atoms with Gasteiger partial charge in [0.25, 0.3) is 0 Å². The fourth-order valence-electron chi connectivity index (χ4n) is 1.45. The Kier molecular flexibility index (Phi) is 3.23. The lowest BCUT2D eigenvalue weighted by molar-refractivity contribution is 0.416. The summed E-state index contributed by atoms with van der Waals surface area (Å²) >= 11 is 1.77. The lowest BCUT2D eigenvalue weighted by Gasteiger charge is -2.09. The van der Waals surface area contributed by atoms with Crippen LogP contribution >= 0.6 is 11.3 Å². The molecule has 2 aromatic heterocycles. The zero-order chi connectivity index (χ0) is 10.7. The molecule has 0 saturated heterocycles. The van der Waals surface area contributed by atoms with E-state index in [4.69, 9.17) is 4.42 Å². The van der Waals surface area contributed by atoms with Gasteiger partial charge in [-0.2, -0.15) is 0 Å². The molecule has 0 amide bonds. The molecule has 0 spiro atoms. The van der Waals surface area contributed by atoms with Gasteiger partial charge >= 0.3 is 0 Å². The van der Waals surface area contributed by atoms with Crippen LogP contribution in [-0.2, 0) is 6.54 Å². The molecule has 1 N–H and O–H groups in total. The average molecular weight is 221 g/mol. The molecular weight excluding hydrogens is 206 g/mol. The molecule has 0 aliphatic heterocycles. The van der Waals surface area contributed by atoms with Gasteiger partial charge in [0.15, 0.2) is 0 Å². The Morgan fingerprint density at radius 2 is 2.27 bits per heavy atom. The fraction of sp³-hybridized carbons (Fsp3) is 0.333. The molecule has 2 rings (SSSR count). The van der Waals surface area contributed by atoms with Gasteiger partial charge in [-0.1, -0.05) is 6.07 Å². The second kappa shape index (κ2) is 4.64. The molecule has 0 radical (unpaired) electrons. The second-order valence-electron chi connectivity index (χ2n) is 3.63. The molecule has 0 aromatic carbocycles. The minimum Gasteiger partial charge on any atom is -0.465 e. The van der Waals surface area contributed by atoms with Crippen LogP contribution < -0.4 is 5.32 Å². The van der Waals surface area contributed by atoms with Crippen LogP contribution in [0.5, 0.6) is 0 Å². The SMILES string of the molecule is Cc1ccc([C@@H](C)NCc2cccs2)o1. The first-order valence-electron chi connectivity index (χ1n) is 5.08. The Morgan fingerprint density at radius 1 is 1.40 bits per heavy atom. The summed E-state index contributed by atoms with van der Waals surface area (Å²) in [4.78, 5) is 1.35. The summed E-state index contributed by atoms with van der Waals surface area (Å²) < 4.78 is 5.56. The highest BCUT2D eigenvalue weighted by Gasteiger charge is 2.08. The van der Waals surface area contributed by atoms with E-state index in [0.29, 0.717) is 0 Å². The molecule has 1 atom stereocenters. The van der Waals surface area contributed by atoms with Gasteiger partial charge in [0, 0.05) is 11.4 Å². The van der Waals surface area contributed by atoms with Gasteiger partial charge in [0.1, 0.15) is 11.5 Å². The van der Waals surface area contributed by atoms with Crippen molar-refractivity contribution in [3.05, 3.63) is 46.0 Å². The zero-order valence-corrected chi connectivity index (χ0v) is 9.80. The van der Waals surface area contributed by atoms with E-state index in [1.54, 1.807) is 11.3 Å². The van der Waals surface area contributed by atoms with Crippen molar-refractivity contribution in [3.8, 4) is 0 Å². The van der Waals surface area contributed by atoms with E-state index in [9.17, 15) is 0 Å². The number of hydrogen-bond acceptors (Lipinski definition) is 3. The minimum atomic E-state index is 0.265. The van der Waals surface area contributed by atoms with Gasteiger partial charge < -0.3 is 9.73 Å². The summed E-state index contributed by atoms with van der Waals surface area (Å²) in [7, 11) is 0. The van der Waals surface area contributed by atoms with Gasteiger partial charge in [-0.3, -0.25) is 0 Å². The average Bonchev–Trinajstić information content (AvgIpc) is 2.84. The lowest BCUT2D eigenvalue weighted by Crippen LogP contribution is -2.16. The maximum absolute atomic E-state index is 5.56. The minimum absolute atomic E-state index is 0.265. The van der Waals surface area contributed by atoms with Crippen LogP contribution in [0.15, 0.2) is 34.1 Å². The summed E-state index contributed by atoms with van der Waals surface area (Å²) in [5.41, 5.74) is 0. The number of rotatable bonds is 4. The third-order valence-corrected chi connectivity index (χ3v) is 3.23. The van der Waals surface area contributed by atoms with Gasteiger partial charge in [-0.05, 0) is 37.4 Å². The van der Waals surface area contributed by atoms with Crippen LogP contribution in [0, 0.1) is 6.92 Å². The molecule has 0 saturated carbocycles. The third-order valence-electron chi connectivity index (χ3n) is 2.35. The Balaban J connectivity index is 1.90. The van der Waals surface area contributed by atoms with Crippen molar-refractivity contribution in [2.45, 2.75) is 26.4 Å². The van der Waals surface area contributed by atoms with Crippen molar-refractivity contribution in [3.63, 3.8) is 0 Å². The molecule has 80 valence electrons. The summed E-state index contributed by atoms with van der Waals surface area (Å²) in [6, 6.07) is 8.50. The van der Waals surface area contributed by atoms with E-state index in [1.165, 1.54) is 4.88 Å². The molecule has 0 bridgehead atoms. The van der Waals surface area contributed by atoms with Crippen molar-refractivity contribution < 1.29 is 4.42 Å². The molecular formula is C12H15NOS. The number of furan rings is 1. The number of aryl methyl sites for hydroxylation is 1. The van der Waals surface area contributed by atoms with Crippen molar-refractivity contribution in [1.82, 2.24) is 5.32 Å². The van der Waals surface area contributed by atoms with E-state index in [0.717, 1.165) is 18.1 Å². The van der Waals surface area contributed by atoms with Crippen LogP contribution in [0.25, 0.3) is 0 Å². The van der Waals surface area contributed by atoms with Crippen LogP contribution in [0.1, 0.15) is 29.4 Å². The van der Waals surface area contributed by atoms with E-state index in [1.807, 2.05) is 19.1 Å². The Hall–Kier alpha value is -1.06. The maximum Gasteiger partial charge on any atom is 0.120 e. The quantitative estimate of drug-likeness (QED) is 0.854. The summed E-state index contributed by atoms with van der Waals surface area (Å²) in [5.74, 6) is 1.97. The highest BCUT2D eigenvalue weighted by Crippen LogP contribution is 2.17. The van der Waals surface area contributed by atoms with Crippen molar-refractivity contribution in [1.29, 1.82) is 0 Å². The van der Waals surface area contributed by atoms with Crippen LogP contribution in [0.2, 0.25) is 0 Å². The molecule has 0 fully saturated rings.